The molecule has 1 heterocycles. The lowest BCUT2D eigenvalue weighted by atomic mass is 9.86. The van der Waals surface area contributed by atoms with E-state index in [1.165, 1.54) is 11.3 Å². The number of halogens is 1. The van der Waals surface area contributed by atoms with Crippen LogP contribution < -0.4 is 5.32 Å². The number of thiophene rings is 1. The first-order valence-electron chi connectivity index (χ1n) is 5.79. The number of hydrogen-bond acceptors (Lipinski definition) is 3. The van der Waals surface area contributed by atoms with Crippen molar-refractivity contribution in [2.24, 2.45) is 5.41 Å². The molecular formula is C12H14INO3S. The Bertz CT molecular complexity index is 466. The van der Waals surface area contributed by atoms with E-state index in [0.29, 0.717) is 18.4 Å². The maximum atomic E-state index is 11.9. The van der Waals surface area contributed by atoms with Crippen molar-refractivity contribution in [2.75, 3.05) is 6.54 Å². The van der Waals surface area contributed by atoms with Gasteiger partial charge >= 0.3 is 5.97 Å². The van der Waals surface area contributed by atoms with Gasteiger partial charge in [0, 0.05) is 11.9 Å². The Labute approximate surface area is 123 Å². The average Bonchev–Trinajstić information content (AvgIpc) is 2.95. The number of amides is 1. The van der Waals surface area contributed by atoms with Crippen LogP contribution in [0.5, 0.6) is 0 Å². The number of carboxylic acids is 1. The predicted molar refractivity (Wildman–Crippen MR) is 77.9 cm³/mol. The minimum absolute atomic E-state index is 0.179. The van der Waals surface area contributed by atoms with Crippen molar-refractivity contribution < 1.29 is 14.7 Å². The molecule has 0 saturated heterocycles. The molecule has 1 aliphatic carbocycles. The maximum absolute atomic E-state index is 11.9. The zero-order valence-corrected chi connectivity index (χ0v) is 12.7. The molecule has 6 heteroatoms. The summed E-state index contributed by atoms with van der Waals surface area (Å²) in [6.07, 6.45) is 3.17. The monoisotopic (exact) mass is 379 g/mol. The van der Waals surface area contributed by atoms with E-state index >= 15 is 0 Å². The lowest BCUT2D eigenvalue weighted by Gasteiger charge is -2.23. The van der Waals surface area contributed by atoms with Crippen molar-refractivity contribution in [3.05, 3.63) is 19.9 Å². The summed E-state index contributed by atoms with van der Waals surface area (Å²) in [6.45, 7) is 0.230. The molecule has 18 heavy (non-hydrogen) atoms. The first-order valence-corrected chi connectivity index (χ1v) is 7.75. The Morgan fingerprint density at radius 1 is 1.44 bits per heavy atom. The van der Waals surface area contributed by atoms with E-state index in [0.717, 1.165) is 15.7 Å². The third kappa shape index (κ3) is 2.85. The molecule has 2 rings (SSSR count). The zero-order chi connectivity index (χ0) is 13.2. The fourth-order valence-corrected chi connectivity index (χ4v) is 3.63. The van der Waals surface area contributed by atoms with E-state index in [-0.39, 0.29) is 12.5 Å². The molecule has 98 valence electrons. The van der Waals surface area contributed by atoms with Gasteiger partial charge in [-0.15, -0.1) is 11.3 Å². The molecule has 0 bridgehead atoms. The molecule has 0 aromatic carbocycles. The third-order valence-electron chi connectivity index (χ3n) is 3.43. The molecule has 1 amide bonds. The molecule has 1 saturated carbocycles. The van der Waals surface area contributed by atoms with Crippen LogP contribution in [-0.4, -0.2) is 23.5 Å². The molecule has 1 fully saturated rings. The zero-order valence-electron chi connectivity index (χ0n) is 9.74. The van der Waals surface area contributed by atoms with Crippen LogP contribution in [0.1, 0.15) is 36.0 Å². The predicted octanol–water partition coefficient (Wildman–Crippen LogP) is 2.73. The average molecular weight is 379 g/mol. The van der Waals surface area contributed by atoms with Gasteiger partial charge < -0.3 is 10.4 Å². The lowest BCUT2D eigenvalue weighted by Crippen LogP contribution is -2.41. The fourth-order valence-electron chi connectivity index (χ4n) is 2.30. The van der Waals surface area contributed by atoms with Crippen molar-refractivity contribution in [3.63, 3.8) is 0 Å². The second kappa shape index (κ2) is 5.56. The van der Waals surface area contributed by atoms with Gasteiger partial charge in [0.2, 0.25) is 0 Å². The minimum atomic E-state index is -0.791. The number of rotatable bonds is 4. The summed E-state index contributed by atoms with van der Waals surface area (Å²) in [5.41, 5.74) is -0.137. The SMILES string of the molecule is O=C(NCC1(C(=O)O)CCCC1)c1csc(I)c1. The van der Waals surface area contributed by atoms with E-state index in [4.69, 9.17) is 0 Å². The fraction of sp³-hybridized carbons (Fsp3) is 0.500. The van der Waals surface area contributed by atoms with E-state index in [9.17, 15) is 14.7 Å². The molecule has 1 aliphatic rings. The largest absolute Gasteiger partial charge is 0.481 e. The molecule has 2 N–H and O–H groups in total. The minimum Gasteiger partial charge on any atom is -0.481 e. The maximum Gasteiger partial charge on any atom is 0.311 e. The van der Waals surface area contributed by atoms with E-state index < -0.39 is 11.4 Å². The van der Waals surface area contributed by atoms with Crippen LogP contribution in [0.25, 0.3) is 0 Å². The highest BCUT2D eigenvalue weighted by Gasteiger charge is 2.41. The molecule has 4 nitrogen and oxygen atoms in total. The highest BCUT2D eigenvalue weighted by atomic mass is 127. The molecular weight excluding hydrogens is 365 g/mol. The van der Waals surface area contributed by atoms with Crippen molar-refractivity contribution in [2.45, 2.75) is 25.7 Å². The highest BCUT2D eigenvalue weighted by molar-refractivity contribution is 14.1. The van der Waals surface area contributed by atoms with Gasteiger partial charge in [-0.25, -0.2) is 0 Å². The third-order valence-corrected chi connectivity index (χ3v) is 5.22. The summed E-state index contributed by atoms with van der Waals surface area (Å²) >= 11 is 3.66. The number of carboxylic acid groups (broad SMARTS) is 1. The number of aliphatic carboxylic acids is 1. The van der Waals surface area contributed by atoms with Crippen molar-refractivity contribution in [1.82, 2.24) is 5.32 Å². The first-order chi connectivity index (χ1) is 8.53. The van der Waals surface area contributed by atoms with E-state index in [1.807, 2.05) is 6.07 Å². The standard InChI is InChI=1S/C12H14INO3S/c13-9-5-8(6-18-9)10(15)14-7-12(11(16)17)3-1-2-4-12/h5-6H,1-4,7H2,(H,14,15)(H,16,17). The smallest absolute Gasteiger partial charge is 0.311 e. The second-order valence-corrected chi connectivity index (χ2v) is 7.42. The Morgan fingerprint density at radius 2 is 2.11 bits per heavy atom. The van der Waals surface area contributed by atoms with Gasteiger partial charge in [0.25, 0.3) is 5.91 Å². The van der Waals surface area contributed by atoms with Gasteiger partial charge in [-0.2, -0.15) is 0 Å². The highest BCUT2D eigenvalue weighted by Crippen LogP contribution is 2.37. The van der Waals surface area contributed by atoms with Crippen LogP contribution in [0.3, 0.4) is 0 Å². The number of hydrogen-bond donors (Lipinski definition) is 2. The number of carbonyl (C=O) groups is 2. The lowest BCUT2D eigenvalue weighted by molar-refractivity contribution is -0.148. The summed E-state index contributed by atoms with van der Waals surface area (Å²) in [5, 5.41) is 13.9. The van der Waals surface area contributed by atoms with Crippen LogP contribution in [0, 0.1) is 8.30 Å². The van der Waals surface area contributed by atoms with Crippen molar-refractivity contribution in [1.29, 1.82) is 0 Å². The quantitative estimate of drug-likeness (QED) is 0.791. The van der Waals surface area contributed by atoms with Gasteiger partial charge in [-0.3, -0.25) is 9.59 Å². The Kier molecular flexibility index (Phi) is 4.26. The Hall–Kier alpha value is -0.630. The van der Waals surface area contributed by atoms with E-state index in [2.05, 4.69) is 27.9 Å². The molecule has 0 unspecified atom stereocenters. The topological polar surface area (TPSA) is 66.4 Å². The first kappa shape index (κ1) is 13.8. The Balaban J connectivity index is 1.98. The summed E-state index contributed by atoms with van der Waals surface area (Å²) in [4.78, 5) is 23.2. The van der Waals surface area contributed by atoms with Crippen LogP contribution in [0.2, 0.25) is 0 Å². The Morgan fingerprint density at radius 3 is 2.61 bits per heavy atom. The van der Waals surface area contributed by atoms with Gasteiger partial charge in [-0.05, 0) is 41.5 Å². The molecule has 0 spiro atoms. The molecule has 1 aromatic rings. The second-order valence-electron chi connectivity index (χ2n) is 4.61. The normalized spacial score (nSPS) is 17.6. The summed E-state index contributed by atoms with van der Waals surface area (Å²) in [7, 11) is 0. The van der Waals surface area contributed by atoms with Crippen LogP contribution in [0.15, 0.2) is 11.4 Å². The van der Waals surface area contributed by atoms with Gasteiger partial charge in [0.15, 0.2) is 0 Å². The van der Waals surface area contributed by atoms with Gasteiger partial charge in [0.05, 0.1) is 13.9 Å². The van der Waals surface area contributed by atoms with Crippen LogP contribution in [-0.2, 0) is 4.79 Å². The van der Waals surface area contributed by atoms with Crippen LogP contribution in [0.4, 0.5) is 0 Å². The van der Waals surface area contributed by atoms with Gasteiger partial charge in [0.1, 0.15) is 0 Å². The number of nitrogens with one attached hydrogen (secondary N) is 1. The molecule has 0 aliphatic heterocycles. The number of carbonyl (C=O) groups excluding carboxylic acids is 1. The summed E-state index contributed by atoms with van der Waals surface area (Å²) < 4.78 is 1.05. The van der Waals surface area contributed by atoms with E-state index in [1.54, 1.807) is 5.38 Å². The van der Waals surface area contributed by atoms with Crippen molar-refractivity contribution >= 4 is 45.8 Å². The van der Waals surface area contributed by atoms with Crippen molar-refractivity contribution in [3.8, 4) is 0 Å². The molecule has 0 radical (unpaired) electrons. The van der Waals surface area contributed by atoms with Gasteiger partial charge in [-0.1, -0.05) is 12.8 Å². The summed E-state index contributed by atoms with van der Waals surface area (Å²) in [5.74, 6) is -0.970. The molecule has 1 aromatic heterocycles. The van der Waals surface area contributed by atoms with Crippen LogP contribution >= 0.6 is 33.9 Å². The summed E-state index contributed by atoms with van der Waals surface area (Å²) in [6, 6.07) is 1.81. The molecule has 0 atom stereocenters.